The lowest BCUT2D eigenvalue weighted by atomic mass is 10.3. The van der Waals surface area contributed by atoms with Gasteiger partial charge in [-0.15, -0.1) is 11.3 Å². The SMILES string of the molecule is CCS(=O)(=O)NCCCNc1ccnc2ccsc12. The molecule has 2 N–H and O–H groups in total. The van der Waals surface area contributed by atoms with Gasteiger partial charge in [-0.05, 0) is 30.9 Å². The number of sulfonamides is 1. The van der Waals surface area contributed by atoms with Crippen molar-refractivity contribution in [2.45, 2.75) is 13.3 Å². The van der Waals surface area contributed by atoms with E-state index in [4.69, 9.17) is 0 Å². The number of nitrogens with zero attached hydrogens (tertiary/aromatic N) is 1. The topological polar surface area (TPSA) is 71.1 Å². The summed E-state index contributed by atoms with van der Waals surface area (Å²) in [6.07, 6.45) is 2.52. The van der Waals surface area contributed by atoms with Crippen LogP contribution in [0, 0.1) is 0 Å². The van der Waals surface area contributed by atoms with Gasteiger partial charge in [0, 0.05) is 19.3 Å². The van der Waals surface area contributed by atoms with Crippen LogP contribution in [0.2, 0.25) is 0 Å². The van der Waals surface area contributed by atoms with Gasteiger partial charge in [0.25, 0.3) is 0 Å². The highest BCUT2D eigenvalue weighted by atomic mass is 32.2. The number of rotatable bonds is 7. The molecule has 5 nitrogen and oxygen atoms in total. The lowest BCUT2D eigenvalue weighted by Crippen LogP contribution is -2.27. The van der Waals surface area contributed by atoms with Gasteiger partial charge in [0.05, 0.1) is 21.7 Å². The van der Waals surface area contributed by atoms with Crippen LogP contribution in [0.15, 0.2) is 23.7 Å². The second-order valence-electron chi connectivity index (χ2n) is 4.07. The Hall–Kier alpha value is -1.18. The van der Waals surface area contributed by atoms with Crippen LogP contribution in [0.3, 0.4) is 0 Å². The van der Waals surface area contributed by atoms with Crippen LogP contribution >= 0.6 is 11.3 Å². The summed E-state index contributed by atoms with van der Waals surface area (Å²) in [4.78, 5) is 4.27. The molecule has 0 amide bonds. The number of fused-ring (bicyclic) bond motifs is 1. The second-order valence-corrected chi connectivity index (χ2v) is 7.08. The van der Waals surface area contributed by atoms with E-state index in [0.29, 0.717) is 6.54 Å². The molecule has 0 atom stereocenters. The Labute approximate surface area is 117 Å². The Morgan fingerprint density at radius 1 is 1.32 bits per heavy atom. The van der Waals surface area contributed by atoms with E-state index in [9.17, 15) is 8.42 Å². The van der Waals surface area contributed by atoms with Crippen molar-refractivity contribution in [1.82, 2.24) is 9.71 Å². The van der Waals surface area contributed by atoms with Crippen LogP contribution in [0.5, 0.6) is 0 Å². The molecule has 0 radical (unpaired) electrons. The minimum absolute atomic E-state index is 0.126. The van der Waals surface area contributed by atoms with E-state index in [1.807, 2.05) is 17.5 Å². The molecule has 0 unspecified atom stereocenters. The molecule has 0 fully saturated rings. The van der Waals surface area contributed by atoms with E-state index in [-0.39, 0.29) is 5.75 Å². The smallest absolute Gasteiger partial charge is 0.211 e. The largest absolute Gasteiger partial charge is 0.384 e. The zero-order valence-corrected chi connectivity index (χ0v) is 12.4. The monoisotopic (exact) mass is 299 g/mol. The molecule has 0 aliphatic carbocycles. The van der Waals surface area contributed by atoms with Crippen LogP contribution in [0.4, 0.5) is 5.69 Å². The maximum atomic E-state index is 11.2. The highest BCUT2D eigenvalue weighted by Crippen LogP contribution is 2.26. The first-order valence-electron chi connectivity index (χ1n) is 6.16. The van der Waals surface area contributed by atoms with Crippen LogP contribution in [-0.4, -0.2) is 32.2 Å². The van der Waals surface area contributed by atoms with E-state index < -0.39 is 10.0 Å². The molecule has 2 aromatic heterocycles. The van der Waals surface area contributed by atoms with Gasteiger partial charge in [-0.3, -0.25) is 4.98 Å². The molecule has 0 bridgehead atoms. The van der Waals surface area contributed by atoms with Gasteiger partial charge in [-0.1, -0.05) is 0 Å². The number of aromatic nitrogens is 1. The Bertz CT molecular complexity index is 637. The zero-order chi connectivity index (χ0) is 13.7. The third-order valence-electron chi connectivity index (χ3n) is 2.71. The fourth-order valence-electron chi connectivity index (χ4n) is 1.65. The normalized spacial score (nSPS) is 11.8. The second kappa shape index (κ2) is 6.31. The average Bonchev–Trinajstić information content (AvgIpc) is 2.87. The number of nitrogens with one attached hydrogen (secondary N) is 2. The summed E-state index contributed by atoms with van der Waals surface area (Å²) >= 11 is 1.65. The molecular weight excluding hydrogens is 282 g/mol. The van der Waals surface area contributed by atoms with Crippen LogP contribution in [0.25, 0.3) is 10.2 Å². The van der Waals surface area contributed by atoms with Crippen molar-refractivity contribution < 1.29 is 8.42 Å². The summed E-state index contributed by atoms with van der Waals surface area (Å²) in [5.74, 6) is 0.126. The maximum Gasteiger partial charge on any atom is 0.211 e. The number of anilines is 1. The lowest BCUT2D eigenvalue weighted by Gasteiger charge is -2.08. The first-order valence-corrected chi connectivity index (χ1v) is 8.69. The molecule has 0 saturated carbocycles. The number of thiophene rings is 1. The van der Waals surface area contributed by atoms with E-state index in [1.165, 1.54) is 0 Å². The van der Waals surface area contributed by atoms with Crippen molar-refractivity contribution in [1.29, 1.82) is 0 Å². The molecule has 0 aliphatic rings. The summed E-state index contributed by atoms with van der Waals surface area (Å²) in [7, 11) is -3.08. The minimum Gasteiger partial charge on any atom is -0.384 e. The van der Waals surface area contributed by atoms with Crippen molar-refractivity contribution in [2.75, 3.05) is 24.2 Å². The van der Waals surface area contributed by atoms with Crippen molar-refractivity contribution in [2.24, 2.45) is 0 Å². The van der Waals surface area contributed by atoms with Crippen molar-refractivity contribution >= 4 is 37.3 Å². The molecule has 2 heterocycles. The molecule has 2 rings (SSSR count). The predicted molar refractivity (Wildman–Crippen MR) is 80.2 cm³/mol. The summed E-state index contributed by atoms with van der Waals surface area (Å²) in [5, 5.41) is 5.33. The van der Waals surface area contributed by atoms with E-state index >= 15 is 0 Å². The summed E-state index contributed by atoms with van der Waals surface area (Å²) in [6.45, 7) is 2.82. The third kappa shape index (κ3) is 3.89. The van der Waals surface area contributed by atoms with Crippen LogP contribution in [-0.2, 0) is 10.0 Å². The van der Waals surface area contributed by atoms with Gasteiger partial charge in [-0.2, -0.15) is 0 Å². The summed E-state index contributed by atoms with van der Waals surface area (Å²) < 4.78 is 26.2. The lowest BCUT2D eigenvalue weighted by molar-refractivity contribution is 0.581. The fourth-order valence-corrected chi connectivity index (χ4v) is 3.16. The van der Waals surface area contributed by atoms with E-state index in [2.05, 4.69) is 15.0 Å². The van der Waals surface area contributed by atoms with Gasteiger partial charge in [0.2, 0.25) is 10.0 Å². The highest BCUT2D eigenvalue weighted by molar-refractivity contribution is 7.89. The van der Waals surface area contributed by atoms with Crippen LogP contribution < -0.4 is 10.0 Å². The zero-order valence-electron chi connectivity index (χ0n) is 10.7. The minimum atomic E-state index is -3.08. The Kier molecular flexibility index (Phi) is 4.73. The van der Waals surface area contributed by atoms with Crippen molar-refractivity contribution in [3.8, 4) is 0 Å². The number of pyridine rings is 1. The molecule has 104 valence electrons. The highest BCUT2D eigenvalue weighted by Gasteiger charge is 2.05. The molecule has 7 heteroatoms. The number of hydrogen-bond acceptors (Lipinski definition) is 5. The first kappa shape index (κ1) is 14.2. The van der Waals surface area contributed by atoms with Crippen molar-refractivity contribution in [3.05, 3.63) is 23.7 Å². The number of hydrogen-bond donors (Lipinski definition) is 2. The molecule has 0 aliphatic heterocycles. The maximum absolute atomic E-state index is 11.2. The molecule has 0 aromatic carbocycles. The average molecular weight is 299 g/mol. The molecule has 19 heavy (non-hydrogen) atoms. The van der Waals surface area contributed by atoms with Gasteiger partial charge < -0.3 is 5.32 Å². The van der Waals surface area contributed by atoms with Gasteiger partial charge >= 0.3 is 0 Å². The molecule has 0 saturated heterocycles. The first-order chi connectivity index (χ1) is 9.12. The van der Waals surface area contributed by atoms with Crippen LogP contribution in [0.1, 0.15) is 13.3 Å². The Balaban J connectivity index is 1.82. The summed E-state index contributed by atoms with van der Waals surface area (Å²) in [5.41, 5.74) is 2.04. The van der Waals surface area contributed by atoms with E-state index in [0.717, 1.165) is 28.9 Å². The van der Waals surface area contributed by atoms with Gasteiger partial charge in [-0.25, -0.2) is 13.1 Å². The quantitative estimate of drug-likeness (QED) is 0.768. The molecular formula is C12H17N3O2S2. The molecule has 0 spiro atoms. The third-order valence-corrected chi connectivity index (χ3v) is 5.06. The fraction of sp³-hybridized carbons (Fsp3) is 0.417. The van der Waals surface area contributed by atoms with E-state index in [1.54, 1.807) is 24.5 Å². The Morgan fingerprint density at radius 3 is 2.95 bits per heavy atom. The van der Waals surface area contributed by atoms with Crippen molar-refractivity contribution in [3.63, 3.8) is 0 Å². The van der Waals surface area contributed by atoms with Gasteiger partial charge in [0.1, 0.15) is 0 Å². The Morgan fingerprint density at radius 2 is 2.16 bits per heavy atom. The van der Waals surface area contributed by atoms with Gasteiger partial charge in [0.15, 0.2) is 0 Å². The molecule has 2 aromatic rings. The summed E-state index contributed by atoms with van der Waals surface area (Å²) in [6, 6.07) is 3.93. The standard InChI is InChI=1S/C12H17N3O2S2/c1-2-19(16,17)15-7-3-6-13-10-4-8-14-11-5-9-18-12(10)11/h4-5,8-9,15H,2-3,6-7H2,1H3,(H,13,14). The predicted octanol–water partition coefficient (Wildman–Crippen LogP) is 2.04.